The Bertz CT molecular complexity index is 904. The standard InChI is InChI=1S/C20H20F2N2O/c1-20(21,22)15-4-2-13(3-5-15)19-11-14-10-16(23)6-7-18(14)24(19)17-8-9-25-12-17/h2-7,10-11,17H,8-9,12,23H2,1H3. The van der Waals surface area contributed by atoms with Gasteiger partial charge in [0.2, 0.25) is 0 Å². The molecule has 0 radical (unpaired) electrons. The smallest absolute Gasteiger partial charge is 0.270 e. The molecule has 0 aliphatic carbocycles. The monoisotopic (exact) mass is 342 g/mol. The second-order valence-electron chi connectivity index (χ2n) is 6.70. The molecule has 0 bridgehead atoms. The van der Waals surface area contributed by atoms with Gasteiger partial charge >= 0.3 is 0 Å². The summed E-state index contributed by atoms with van der Waals surface area (Å²) >= 11 is 0. The Morgan fingerprint density at radius 1 is 1.12 bits per heavy atom. The lowest BCUT2D eigenvalue weighted by Gasteiger charge is -2.17. The van der Waals surface area contributed by atoms with E-state index in [0.717, 1.165) is 42.1 Å². The first-order valence-corrected chi connectivity index (χ1v) is 8.40. The number of halogens is 2. The van der Waals surface area contributed by atoms with Crippen LogP contribution in [0.1, 0.15) is 24.9 Å². The predicted molar refractivity (Wildman–Crippen MR) is 95.8 cm³/mol. The van der Waals surface area contributed by atoms with E-state index >= 15 is 0 Å². The van der Waals surface area contributed by atoms with Gasteiger partial charge in [0, 0.05) is 41.4 Å². The molecule has 2 N–H and O–H groups in total. The van der Waals surface area contributed by atoms with E-state index in [0.29, 0.717) is 12.3 Å². The van der Waals surface area contributed by atoms with E-state index in [1.165, 1.54) is 12.1 Å². The van der Waals surface area contributed by atoms with E-state index in [-0.39, 0.29) is 11.6 Å². The molecule has 0 amide bonds. The predicted octanol–water partition coefficient (Wildman–Crippen LogP) is 4.96. The first-order valence-electron chi connectivity index (χ1n) is 8.40. The molecule has 1 aliphatic heterocycles. The summed E-state index contributed by atoms with van der Waals surface area (Å²) in [6.07, 6.45) is 0.937. The van der Waals surface area contributed by atoms with Crippen LogP contribution in [-0.2, 0) is 10.7 Å². The van der Waals surface area contributed by atoms with E-state index < -0.39 is 5.92 Å². The summed E-state index contributed by atoms with van der Waals surface area (Å²) in [7, 11) is 0. The van der Waals surface area contributed by atoms with Crippen molar-refractivity contribution in [1.82, 2.24) is 4.57 Å². The maximum absolute atomic E-state index is 13.5. The van der Waals surface area contributed by atoms with Crippen molar-refractivity contribution >= 4 is 16.6 Å². The van der Waals surface area contributed by atoms with Crippen LogP contribution >= 0.6 is 0 Å². The molecule has 0 spiro atoms. The number of alkyl halides is 2. The number of fused-ring (bicyclic) bond motifs is 1. The number of hydrogen-bond donors (Lipinski definition) is 1. The summed E-state index contributed by atoms with van der Waals surface area (Å²) in [5, 5.41) is 1.05. The van der Waals surface area contributed by atoms with Crippen molar-refractivity contribution in [2.75, 3.05) is 18.9 Å². The third-order valence-electron chi connectivity index (χ3n) is 4.82. The van der Waals surface area contributed by atoms with Gasteiger partial charge in [0.1, 0.15) is 0 Å². The number of ether oxygens (including phenoxy) is 1. The van der Waals surface area contributed by atoms with E-state index in [4.69, 9.17) is 10.5 Å². The minimum Gasteiger partial charge on any atom is -0.399 e. The van der Waals surface area contributed by atoms with Crippen LogP contribution in [0, 0.1) is 0 Å². The Balaban J connectivity index is 1.87. The van der Waals surface area contributed by atoms with Gasteiger partial charge in [-0.05, 0) is 36.2 Å². The third-order valence-corrected chi connectivity index (χ3v) is 4.82. The number of rotatable bonds is 3. The van der Waals surface area contributed by atoms with Gasteiger partial charge in [-0.1, -0.05) is 24.3 Å². The Hall–Kier alpha value is -2.40. The molecule has 1 unspecified atom stereocenters. The molecule has 1 aromatic heterocycles. The zero-order chi connectivity index (χ0) is 17.6. The lowest BCUT2D eigenvalue weighted by atomic mass is 10.0. The highest BCUT2D eigenvalue weighted by molar-refractivity contribution is 5.89. The summed E-state index contributed by atoms with van der Waals surface area (Å²) in [5.41, 5.74) is 9.66. The van der Waals surface area contributed by atoms with E-state index in [1.807, 2.05) is 18.2 Å². The molecule has 2 aromatic carbocycles. The Labute approximate surface area is 145 Å². The molecule has 1 fully saturated rings. The Morgan fingerprint density at radius 2 is 1.88 bits per heavy atom. The summed E-state index contributed by atoms with van der Waals surface area (Å²) < 4.78 is 34.8. The quantitative estimate of drug-likeness (QED) is 0.683. The Morgan fingerprint density at radius 3 is 2.52 bits per heavy atom. The third kappa shape index (κ3) is 2.89. The van der Waals surface area contributed by atoms with Crippen LogP contribution in [0.5, 0.6) is 0 Å². The van der Waals surface area contributed by atoms with Crippen molar-refractivity contribution in [3.05, 3.63) is 54.1 Å². The van der Waals surface area contributed by atoms with Crippen LogP contribution in [0.4, 0.5) is 14.5 Å². The second-order valence-corrected chi connectivity index (χ2v) is 6.70. The molecule has 1 saturated heterocycles. The second kappa shape index (κ2) is 5.85. The zero-order valence-corrected chi connectivity index (χ0v) is 14.0. The van der Waals surface area contributed by atoms with E-state index in [9.17, 15) is 8.78 Å². The highest BCUT2D eigenvalue weighted by Gasteiger charge is 2.25. The number of nitrogens with two attached hydrogens (primary N) is 1. The van der Waals surface area contributed by atoms with Crippen LogP contribution in [0.15, 0.2) is 48.5 Å². The average Bonchev–Trinajstić information content (AvgIpc) is 3.20. The molecular formula is C20H20F2N2O. The van der Waals surface area contributed by atoms with Crippen molar-refractivity contribution in [1.29, 1.82) is 0 Å². The Kier molecular flexibility index (Phi) is 3.76. The van der Waals surface area contributed by atoms with Crippen molar-refractivity contribution in [2.24, 2.45) is 0 Å². The van der Waals surface area contributed by atoms with Gasteiger partial charge in [0.05, 0.1) is 12.6 Å². The molecule has 4 rings (SSSR count). The van der Waals surface area contributed by atoms with Gasteiger partial charge in [-0.3, -0.25) is 0 Å². The van der Waals surface area contributed by atoms with Crippen molar-refractivity contribution < 1.29 is 13.5 Å². The van der Waals surface area contributed by atoms with E-state index in [2.05, 4.69) is 10.6 Å². The summed E-state index contributed by atoms with van der Waals surface area (Å²) in [5.74, 6) is -2.83. The topological polar surface area (TPSA) is 40.2 Å². The molecule has 130 valence electrons. The summed E-state index contributed by atoms with van der Waals surface area (Å²) in [6, 6.07) is 14.7. The van der Waals surface area contributed by atoms with Gasteiger partial charge in [-0.25, -0.2) is 8.78 Å². The number of nitrogen functional groups attached to an aromatic ring is 1. The normalized spacial score (nSPS) is 18.1. The molecule has 3 nitrogen and oxygen atoms in total. The molecular weight excluding hydrogens is 322 g/mol. The average molecular weight is 342 g/mol. The fourth-order valence-electron chi connectivity index (χ4n) is 3.53. The number of hydrogen-bond acceptors (Lipinski definition) is 2. The number of anilines is 1. The minimum absolute atomic E-state index is 0.0207. The highest BCUT2D eigenvalue weighted by atomic mass is 19.3. The number of nitrogens with zero attached hydrogens (tertiary/aromatic N) is 1. The number of aromatic nitrogens is 1. The summed E-state index contributed by atoms with van der Waals surface area (Å²) in [6.45, 7) is 2.31. The summed E-state index contributed by atoms with van der Waals surface area (Å²) in [4.78, 5) is 0. The number of benzene rings is 2. The molecule has 1 aliphatic rings. The largest absolute Gasteiger partial charge is 0.399 e. The molecule has 25 heavy (non-hydrogen) atoms. The first-order chi connectivity index (χ1) is 11.9. The molecule has 5 heteroatoms. The van der Waals surface area contributed by atoms with Gasteiger partial charge < -0.3 is 15.0 Å². The SMILES string of the molecule is CC(F)(F)c1ccc(-c2cc3cc(N)ccc3n2C2CCOC2)cc1. The van der Waals surface area contributed by atoms with Crippen molar-refractivity contribution in [3.8, 4) is 11.3 Å². The van der Waals surface area contributed by atoms with Crippen LogP contribution in [0.3, 0.4) is 0 Å². The molecule has 3 aromatic rings. The fraction of sp³-hybridized carbons (Fsp3) is 0.300. The lowest BCUT2D eigenvalue weighted by molar-refractivity contribution is 0.0175. The minimum atomic E-state index is -2.83. The maximum Gasteiger partial charge on any atom is 0.270 e. The van der Waals surface area contributed by atoms with Gasteiger partial charge in [0.25, 0.3) is 5.92 Å². The van der Waals surface area contributed by atoms with Gasteiger partial charge in [-0.2, -0.15) is 0 Å². The molecule has 2 heterocycles. The van der Waals surface area contributed by atoms with Crippen LogP contribution in [0.25, 0.3) is 22.2 Å². The highest BCUT2D eigenvalue weighted by Crippen LogP contribution is 2.36. The zero-order valence-electron chi connectivity index (χ0n) is 14.0. The molecule has 1 atom stereocenters. The van der Waals surface area contributed by atoms with Gasteiger partial charge in [-0.15, -0.1) is 0 Å². The fourth-order valence-corrected chi connectivity index (χ4v) is 3.53. The van der Waals surface area contributed by atoms with Crippen LogP contribution in [-0.4, -0.2) is 17.8 Å². The van der Waals surface area contributed by atoms with Crippen molar-refractivity contribution in [3.63, 3.8) is 0 Å². The lowest BCUT2D eigenvalue weighted by Crippen LogP contribution is -2.10. The maximum atomic E-state index is 13.5. The van der Waals surface area contributed by atoms with Crippen molar-refractivity contribution in [2.45, 2.75) is 25.3 Å². The molecule has 0 saturated carbocycles. The van der Waals surface area contributed by atoms with E-state index in [1.54, 1.807) is 12.1 Å². The van der Waals surface area contributed by atoms with Crippen LogP contribution < -0.4 is 5.73 Å². The van der Waals surface area contributed by atoms with Gasteiger partial charge in [0.15, 0.2) is 0 Å². The first kappa shape index (κ1) is 16.1. The van der Waals surface area contributed by atoms with Crippen LogP contribution in [0.2, 0.25) is 0 Å².